The molecule has 0 saturated heterocycles. The number of hydrogen-bond acceptors (Lipinski definition) is 2. The lowest BCUT2D eigenvalue weighted by molar-refractivity contribution is -0.123. The van der Waals surface area contributed by atoms with Gasteiger partial charge in [0.15, 0.2) is 0 Å². The lowest BCUT2D eigenvalue weighted by atomic mass is 10.0. The fraction of sp³-hybridized carbons (Fsp3) is 0.933. The van der Waals surface area contributed by atoms with Crippen molar-refractivity contribution in [3.05, 3.63) is 0 Å². The smallest absolute Gasteiger partial charge is 0.237 e. The van der Waals surface area contributed by atoms with Gasteiger partial charge < -0.3 is 10.6 Å². The van der Waals surface area contributed by atoms with Crippen molar-refractivity contribution >= 4 is 5.91 Å². The van der Waals surface area contributed by atoms with Crippen LogP contribution in [-0.2, 0) is 4.79 Å². The van der Waals surface area contributed by atoms with E-state index in [0.717, 1.165) is 19.4 Å². The van der Waals surface area contributed by atoms with Gasteiger partial charge >= 0.3 is 0 Å². The second-order valence-electron chi connectivity index (χ2n) is 6.34. The van der Waals surface area contributed by atoms with E-state index in [1.165, 1.54) is 38.5 Å². The second kappa shape index (κ2) is 6.05. The maximum Gasteiger partial charge on any atom is 0.237 e. The summed E-state index contributed by atoms with van der Waals surface area (Å²) in [6, 6.07) is 0.396. The van der Waals surface area contributed by atoms with E-state index in [0.29, 0.717) is 11.5 Å². The summed E-state index contributed by atoms with van der Waals surface area (Å²) in [7, 11) is 0. The lowest BCUT2D eigenvalue weighted by Crippen LogP contribution is -2.47. The minimum atomic E-state index is -0.0417. The molecule has 0 spiro atoms. The molecule has 0 heterocycles. The highest BCUT2D eigenvalue weighted by Gasteiger charge is 2.41. The predicted octanol–water partition coefficient (Wildman–Crippen LogP) is 2.60. The highest BCUT2D eigenvalue weighted by Crippen LogP contribution is 2.48. The van der Waals surface area contributed by atoms with Crippen LogP contribution < -0.4 is 10.6 Å². The topological polar surface area (TPSA) is 41.1 Å². The molecule has 1 unspecified atom stereocenters. The molecule has 2 aliphatic rings. The molecule has 0 aromatic heterocycles. The third-order valence-electron chi connectivity index (χ3n) is 4.62. The van der Waals surface area contributed by atoms with E-state index >= 15 is 0 Å². The van der Waals surface area contributed by atoms with Crippen LogP contribution in [-0.4, -0.2) is 24.5 Å². The Kier molecular flexibility index (Phi) is 4.66. The predicted molar refractivity (Wildman–Crippen MR) is 74.4 cm³/mol. The van der Waals surface area contributed by atoms with Crippen LogP contribution in [0, 0.1) is 5.41 Å². The Morgan fingerprint density at radius 2 is 2.00 bits per heavy atom. The molecule has 0 aromatic rings. The minimum absolute atomic E-state index is 0.0417. The SMILES string of the molecule is CCCC1(CNC(C)C(=O)NC2CCCC2)CC1. The first-order valence-electron chi connectivity index (χ1n) is 7.69. The van der Waals surface area contributed by atoms with Gasteiger partial charge in [0.1, 0.15) is 0 Å². The van der Waals surface area contributed by atoms with Gasteiger partial charge in [-0.15, -0.1) is 0 Å². The Labute approximate surface area is 111 Å². The maximum absolute atomic E-state index is 12.0. The highest BCUT2D eigenvalue weighted by molar-refractivity contribution is 5.81. The third-order valence-corrected chi connectivity index (χ3v) is 4.62. The van der Waals surface area contributed by atoms with Gasteiger partial charge in [0.2, 0.25) is 5.91 Å². The van der Waals surface area contributed by atoms with E-state index in [9.17, 15) is 4.79 Å². The number of rotatable bonds is 7. The van der Waals surface area contributed by atoms with E-state index < -0.39 is 0 Å². The number of carbonyl (C=O) groups is 1. The van der Waals surface area contributed by atoms with Gasteiger partial charge in [0, 0.05) is 12.6 Å². The molecular weight excluding hydrogens is 224 g/mol. The van der Waals surface area contributed by atoms with Gasteiger partial charge in [0.25, 0.3) is 0 Å². The summed E-state index contributed by atoms with van der Waals surface area (Å²) < 4.78 is 0. The first-order chi connectivity index (χ1) is 8.65. The van der Waals surface area contributed by atoms with E-state index in [1.807, 2.05) is 6.92 Å². The average molecular weight is 252 g/mol. The Balaban J connectivity index is 1.67. The van der Waals surface area contributed by atoms with E-state index in [2.05, 4.69) is 17.6 Å². The van der Waals surface area contributed by atoms with Crippen LogP contribution in [0.1, 0.15) is 65.2 Å². The fourth-order valence-electron chi connectivity index (χ4n) is 3.08. The quantitative estimate of drug-likeness (QED) is 0.731. The van der Waals surface area contributed by atoms with E-state index in [-0.39, 0.29) is 11.9 Å². The number of carbonyl (C=O) groups excluding carboxylic acids is 1. The monoisotopic (exact) mass is 252 g/mol. The Morgan fingerprint density at radius 1 is 1.33 bits per heavy atom. The van der Waals surface area contributed by atoms with Gasteiger partial charge in [-0.1, -0.05) is 26.2 Å². The Morgan fingerprint density at radius 3 is 2.56 bits per heavy atom. The van der Waals surface area contributed by atoms with Gasteiger partial charge in [-0.05, 0) is 44.4 Å². The summed E-state index contributed by atoms with van der Waals surface area (Å²) in [6.45, 7) is 5.25. The molecule has 1 amide bonds. The van der Waals surface area contributed by atoms with Crippen LogP contribution in [0.3, 0.4) is 0 Å². The van der Waals surface area contributed by atoms with Crippen molar-refractivity contribution in [2.75, 3.05) is 6.54 Å². The van der Waals surface area contributed by atoms with E-state index in [1.54, 1.807) is 0 Å². The molecule has 18 heavy (non-hydrogen) atoms. The molecular formula is C15H28N2O. The molecule has 0 aromatic carbocycles. The minimum Gasteiger partial charge on any atom is -0.352 e. The number of nitrogens with one attached hydrogen (secondary N) is 2. The van der Waals surface area contributed by atoms with Crippen molar-refractivity contribution in [3.63, 3.8) is 0 Å². The van der Waals surface area contributed by atoms with Gasteiger partial charge in [-0.3, -0.25) is 4.79 Å². The average Bonchev–Trinajstić information content (AvgIpc) is 2.92. The molecule has 3 heteroatoms. The van der Waals surface area contributed by atoms with Crippen molar-refractivity contribution in [3.8, 4) is 0 Å². The van der Waals surface area contributed by atoms with Crippen molar-refractivity contribution in [2.24, 2.45) is 5.41 Å². The zero-order valence-electron chi connectivity index (χ0n) is 11.9. The largest absolute Gasteiger partial charge is 0.352 e. The van der Waals surface area contributed by atoms with Crippen LogP contribution in [0.2, 0.25) is 0 Å². The van der Waals surface area contributed by atoms with Crippen LogP contribution in [0.5, 0.6) is 0 Å². The summed E-state index contributed by atoms with van der Waals surface area (Å²) in [5.41, 5.74) is 0.524. The zero-order chi connectivity index (χ0) is 13.0. The number of amides is 1. The molecule has 0 bridgehead atoms. The number of hydrogen-bond donors (Lipinski definition) is 2. The summed E-state index contributed by atoms with van der Waals surface area (Å²) in [6.07, 6.45) is 10.1. The van der Waals surface area contributed by atoms with Gasteiger partial charge in [-0.25, -0.2) is 0 Å². The first kappa shape index (κ1) is 13.9. The Bertz CT molecular complexity index is 280. The summed E-state index contributed by atoms with van der Waals surface area (Å²) in [5, 5.41) is 6.60. The van der Waals surface area contributed by atoms with Crippen LogP contribution >= 0.6 is 0 Å². The van der Waals surface area contributed by atoms with E-state index in [4.69, 9.17) is 0 Å². The maximum atomic E-state index is 12.0. The van der Waals surface area contributed by atoms with Crippen LogP contribution in [0.4, 0.5) is 0 Å². The summed E-state index contributed by atoms with van der Waals surface area (Å²) in [4.78, 5) is 12.0. The molecule has 3 nitrogen and oxygen atoms in total. The summed E-state index contributed by atoms with van der Waals surface area (Å²) >= 11 is 0. The molecule has 104 valence electrons. The fourth-order valence-corrected chi connectivity index (χ4v) is 3.08. The Hall–Kier alpha value is -0.570. The highest BCUT2D eigenvalue weighted by atomic mass is 16.2. The molecule has 2 aliphatic carbocycles. The second-order valence-corrected chi connectivity index (χ2v) is 6.34. The van der Waals surface area contributed by atoms with Crippen LogP contribution in [0.25, 0.3) is 0 Å². The molecule has 0 radical (unpaired) electrons. The first-order valence-corrected chi connectivity index (χ1v) is 7.69. The standard InChI is InChI=1S/C15H28N2O/c1-3-8-15(9-10-15)11-16-12(2)14(18)17-13-6-4-5-7-13/h12-13,16H,3-11H2,1-2H3,(H,17,18). The van der Waals surface area contributed by atoms with Crippen molar-refractivity contribution < 1.29 is 4.79 Å². The molecule has 2 N–H and O–H groups in total. The van der Waals surface area contributed by atoms with Gasteiger partial charge in [-0.2, -0.15) is 0 Å². The lowest BCUT2D eigenvalue weighted by Gasteiger charge is -2.21. The molecule has 1 atom stereocenters. The van der Waals surface area contributed by atoms with Crippen molar-refractivity contribution in [1.82, 2.24) is 10.6 Å². The summed E-state index contributed by atoms with van der Waals surface area (Å²) in [5.74, 6) is 0.189. The normalized spacial score (nSPS) is 23.9. The van der Waals surface area contributed by atoms with Crippen LogP contribution in [0.15, 0.2) is 0 Å². The van der Waals surface area contributed by atoms with Crippen molar-refractivity contribution in [2.45, 2.75) is 77.3 Å². The third kappa shape index (κ3) is 3.71. The molecule has 2 fully saturated rings. The molecule has 2 rings (SSSR count). The van der Waals surface area contributed by atoms with Gasteiger partial charge in [0.05, 0.1) is 6.04 Å². The molecule has 0 aliphatic heterocycles. The molecule has 2 saturated carbocycles. The zero-order valence-corrected chi connectivity index (χ0v) is 11.9. The van der Waals surface area contributed by atoms with Crippen molar-refractivity contribution in [1.29, 1.82) is 0 Å².